The quantitative estimate of drug-likeness (QED) is 0.801. The molecule has 142 valence electrons. The largest absolute Gasteiger partial charge is 0.446 e. The van der Waals surface area contributed by atoms with E-state index in [1.807, 2.05) is 4.90 Å². The first-order valence-corrected chi connectivity index (χ1v) is 10.0. The summed E-state index contributed by atoms with van der Waals surface area (Å²) in [6, 6.07) is 7.81. The highest BCUT2D eigenvalue weighted by atomic mass is 19.1. The number of hydrogen-bond acceptors (Lipinski definition) is 3. The molecule has 0 spiro atoms. The average Bonchev–Trinajstić information content (AvgIpc) is 3.21. The Morgan fingerprint density at radius 1 is 1.12 bits per heavy atom. The van der Waals surface area contributed by atoms with Crippen LogP contribution in [0.4, 0.5) is 9.18 Å². The SMILES string of the molecule is CN1C2CCC1CC(OC(=O)N(Cc1ccc(F)cc1)C1CCCC1)C2. The van der Waals surface area contributed by atoms with Gasteiger partial charge in [0.05, 0.1) is 0 Å². The molecule has 1 aromatic rings. The second-order valence-corrected chi connectivity index (χ2v) is 8.22. The molecule has 4 rings (SSSR count). The van der Waals surface area contributed by atoms with Gasteiger partial charge in [-0.25, -0.2) is 9.18 Å². The smallest absolute Gasteiger partial charge is 0.410 e. The van der Waals surface area contributed by atoms with E-state index in [-0.39, 0.29) is 24.1 Å². The van der Waals surface area contributed by atoms with Crippen LogP contribution in [-0.2, 0) is 11.3 Å². The van der Waals surface area contributed by atoms with E-state index in [4.69, 9.17) is 4.74 Å². The molecular weight excluding hydrogens is 331 g/mol. The second kappa shape index (κ2) is 7.55. The molecule has 2 heterocycles. The molecule has 2 bridgehead atoms. The summed E-state index contributed by atoms with van der Waals surface area (Å²) in [7, 11) is 2.19. The molecule has 4 nitrogen and oxygen atoms in total. The second-order valence-electron chi connectivity index (χ2n) is 8.22. The van der Waals surface area contributed by atoms with Gasteiger partial charge in [0.1, 0.15) is 11.9 Å². The maximum Gasteiger partial charge on any atom is 0.410 e. The Morgan fingerprint density at radius 3 is 2.35 bits per heavy atom. The highest BCUT2D eigenvalue weighted by molar-refractivity contribution is 5.68. The van der Waals surface area contributed by atoms with E-state index in [9.17, 15) is 9.18 Å². The van der Waals surface area contributed by atoms with Crippen LogP contribution in [0.2, 0.25) is 0 Å². The molecule has 3 aliphatic rings. The summed E-state index contributed by atoms with van der Waals surface area (Å²) in [6.45, 7) is 0.503. The summed E-state index contributed by atoms with van der Waals surface area (Å²) in [6.07, 6.45) is 8.59. The van der Waals surface area contributed by atoms with Crippen molar-refractivity contribution in [3.8, 4) is 0 Å². The number of carbonyl (C=O) groups excluding carboxylic acids is 1. The molecule has 2 unspecified atom stereocenters. The summed E-state index contributed by atoms with van der Waals surface area (Å²) in [5.41, 5.74) is 0.957. The van der Waals surface area contributed by atoms with E-state index < -0.39 is 0 Å². The summed E-state index contributed by atoms with van der Waals surface area (Å²) in [5, 5.41) is 0. The van der Waals surface area contributed by atoms with Crippen molar-refractivity contribution in [2.45, 2.75) is 82.1 Å². The van der Waals surface area contributed by atoms with Gasteiger partial charge in [0, 0.05) is 37.5 Å². The molecule has 1 aliphatic carbocycles. The number of ether oxygens (including phenoxy) is 1. The van der Waals surface area contributed by atoms with Gasteiger partial charge in [0.25, 0.3) is 0 Å². The maximum absolute atomic E-state index is 13.2. The maximum atomic E-state index is 13.2. The van der Waals surface area contributed by atoms with E-state index in [1.165, 1.54) is 25.0 Å². The number of halogens is 1. The first-order valence-electron chi connectivity index (χ1n) is 10.0. The van der Waals surface area contributed by atoms with Gasteiger partial charge < -0.3 is 14.5 Å². The first kappa shape index (κ1) is 17.8. The van der Waals surface area contributed by atoms with Crippen LogP contribution in [0.15, 0.2) is 24.3 Å². The molecule has 1 saturated carbocycles. The predicted octanol–water partition coefficient (Wildman–Crippen LogP) is 4.33. The van der Waals surface area contributed by atoms with Crippen molar-refractivity contribution in [3.63, 3.8) is 0 Å². The van der Waals surface area contributed by atoms with Crippen LogP contribution >= 0.6 is 0 Å². The molecule has 5 heteroatoms. The number of benzene rings is 1. The van der Waals surface area contributed by atoms with Gasteiger partial charge in [0.15, 0.2) is 0 Å². The molecule has 0 radical (unpaired) electrons. The first-order chi connectivity index (χ1) is 12.6. The van der Waals surface area contributed by atoms with Gasteiger partial charge in [-0.2, -0.15) is 0 Å². The topological polar surface area (TPSA) is 32.8 Å². The zero-order chi connectivity index (χ0) is 18.1. The van der Waals surface area contributed by atoms with Crippen molar-refractivity contribution in [2.75, 3.05) is 7.05 Å². The van der Waals surface area contributed by atoms with Crippen LogP contribution in [0.1, 0.15) is 56.9 Å². The van der Waals surface area contributed by atoms with Crippen LogP contribution in [0, 0.1) is 5.82 Å². The molecule has 1 aromatic carbocycles. The lowest BCUT2D eigenvalue weighted by molar-refractivity contribution is 0.00359. The van der Waals surface area contributed by atoms with Crippen molar-refractivity contribution in [3.05, 3.63) is 35.6 Å². The summed E-state index contributed by atoms with van der Waals surface area (Å²) in [5.74, 6) is -0.245. The molecule has 3 fully saturated rings. The fourth-order valence-electron chi connectivity index (χ4n) is 5.01. The fraction of sp³-hybridized carbons (Fsp3) is 0.667. The van der Waals surface area contributed by atoms with E-state index in [2.05, 4.69) is 11.9 Å². The molecule has 0 aromatic heterocycles. The Bertz CT molecular complexity index is 615. The summed E-state index contributed by atoms with van der Waals surface area (Å²) in [4.78, 5) is 17.3. The van der Waals surface area contributed by atoms with Gasteiger partial charge >= 0.3 is 6.09 Å². The van der Waals surface area contributed by atoms with Crippen LogP contribution < -0.4 is 0 Å². The van der Waals surface area contributed by atoms with Gasteiger partial charge in [0.2, 0.25) is 0 Å². The standard InChI is InChI=1S/C21H29FN2O2/c1-23-18-10-11-19(23)13-20(12-18)26-21(25)24(17-4-2-3-5-17)14-15-6-8-16(22)9-7-15/h6-9,17-20H,2-5,10-14H2,1H3. The van der Waals surface area contributed by atoms with Crippen LogP contribution in [0.25, 0.3) is 0 Å². The third-order valence-electron chi connectivity index (χ3n) is 6.59. The lowest BCUT2D eigenvalue weighted by Crippen LogP contribution is -2.46. The van der Waals surface area contributed by atoms with E-state index in [1.54, 1.807) is 12.1 Å². The monoisotopic (exact) mass is 360 g/mol. The minimum absolute atomic E-state index is 0.0355. The Labute approximate surface area is 155 Å². The van der Waals surface area contributed by atoms with E-state index in [0.29, 0.717) is 18.6 Å². The Kier molecular flexibility index (Phi) is 5.16. The normalized spacial score (nSPS) is 29.1. The van der Waals surface area contributed by atoms with Crippen LogP contribution in [0.5, 0.6) is 0 Å². The Balaban J connectivity index is 1.43. The number of amides is 1. The highest BCUT2D eigenvalue weighted by Gasteiger charge is 2.40. The molecule has 26 heavy (non-hydrogen) atoms. The third kappa shape index (κ3) is 3.73. The number of fused-ring (bicyclic) bond motifs is 2. The van der Waals surface area contributed by atoms with E-state index >= 15 is 0 Å². The number of nitrogens with zero attached hydrogens (tertiary/aromatic N) is 2. The van der Waals surface area contributed by atoms with Crippen molar-refractivity contribution >= 4 is 6.09 Å². The van der Waals surface area contributed by atoms with Gasteiger partial charge in [-0.3, -0.25) is 0 Å². The number of rotatable bonds is 4. The Morgan fingerprint density at radius 2 is 1.73 bits per heavy atom. The zero-order valence-corrected chi connectivity index (χ0v) is 15.6. The molecular formula is C21H29FN2O2. The summed E-state index contributed by atoms with van der Waals surface area (Å²) >= 11 is 0. The van der Waals surface area contributed by atoms with E-state index in [0.717, 1.165) is 44.1 Å². The van der Waals surface area contributed by atoms with Crippen LogP contribution in [-0.4, -0.2) is 47.2 Å². The number of hydrogen-bond donors (Lipinski definition) is 0. The van der Waals surface area contributed by atoms with Gasteiger partial charge in [-0.1, -0.05) is 25.0 Å². The lowest BCUT2D eigenvalue weighted by Gasteiger charge is -2.37. The highest BCUT2D eigenvalue weighted by Crippen LogP contribution is 2.36. The van der Waals surface area contributed by atoms with Gasteiger partial charge in [-0.15, -0.1) is 0 Å². The molecule has 2 saturated heterocycles. The predicted molar refractivity (Wildman–Crippen MR) is 98.3 cm³/mol. The lowest BCUT2D eigenvalue weighted by atomic mass is 10.0. The van der Waals surface area contributed by atoms with Crippen molar-refractivity contribution in [2.24, 2.45) is 0 Å². The fourth-order valence-corrected chi connectivity index (χ4v) is 5.01. The molecule has 2 atom stereocenters. The number of piperidine rings is 1. The molecule has 2 aliphatic heterocycles. The minimum atomic E-state index is -0.245. The average molecular weight is 360 g/mol. The molecule has 1 amide bonds. The Hall–Kier alpha value is -1.62. The van der Waals surface area contributed by atoms with Gasteiger partial charge in [-0.05, 0) is 50.4 Å². The van der Waals surface area contributed by atoms with Crippen molar-refractivity contribution < 1.29 is 13.9 Å². The van der Waals surface area contributed by atoms with Crippen LogP contribution in [0.3, 0.4) is 0 Å². The zero-order valence-electron chi connectivity index (χ0n) is 15.6. The van der Waals surface area contributed by atoms with Crippen molar-refractivity contribution in [1.29, 1.82) is 0 Å². The molecule has 0 N–H and O–H groups in total. The van der Waals surface area contributed by atoms with Crippen molar-refractivity contribution in [1.82, 2.24) is 9.80 Å². The number of carbonyl (C=O) groups is 1. The third-order valence-corrected chi connectivity index (χ3v) is 6.59. The summed E-state index contributed by atoms with van der Waals surface area (Å²) < 4.78 is 19.2. The minimum Gasteiger partial charge on any atom is -0.446 e.